The van der Waals surface area contributed by atoms with E-state index in [1.54, 1.807) is 0 Å². The lowest BCUT2D eigenvalue weighted by molar-refractivity contribution is 0.0125. The second kappa shape index (κ2) is 10.0. The standard InChI is InChI=1S/C12H25NO3/c1-13-5-3-2-4-7-14-9-11-16-12-10-15-8-6-13/h2-12H2,1H3. The number of rotatable bonds is 0. The van der Waals surface area contributed by atoms with Crippen molar-refractivity contribution < 1.29 is 14.2 Å². The van der Waals surface area contributed by atoms with Gasteiger partial charge in [0.25, 0.3) is 0 Å². The van der Waals surface area contributed by atoms with Crippen molar-refractivity contribution in [2.75, 3.05) is 59.8 Å². The summed E-state index contributed by atoms with van der Waals surface area (Å²) in [7, 11) is 2.15. The molecule has 0 N–H and O–H groups in total. The fourth-order valence-corrected chi connectivity index (χ4v) is 1.64. The minimum Gasteiger partial charge on any atom is -0.379 e. The molecule has 1 rings (SSSR count). The highest BCUT2D eigenvalue weighted by molar-refractivity contribution is 4.52. The first kappa shape index (κ1) is 13.9. The van der Waals surface area contributed by atoms with Crippen LogP contribution in [0, 0.1) is 0 Å². The van der Waals surface area contributed by atoms with E-state index in [-0.39, 0.29) is 0 Å². The van der Waals surface area contributed by atoms with Crippen LogP contribution in [0.5, 0.6) is 0 Å². The molecule has 1 fully saturated rings. The molecule has 1 aliphatic heterocycles. The second-order valence-electron chi connectivity index (χ2n) is 4.20. The quantitative estimate of drug-likeness (QED) is 0.626. The monoisotopic (exact) mass is 231 g/mol. The van der Waals surface area contributed by atoms with Gasteiger partial charge in [-0.25, -0.2) is 0 Å². The molecule has 0 amide bonds. The van der Waals surface area contributed by atoms with E-state index in [4.69, 9.17) is 14.2 Å². The van der Waals surface area contributed by atoms with Gasteiger partial charge in [0.1, 0.15) is 0 Å². The molecular formula is C12H25NO3. The van der Waals surface area contributed by atoms with Crippen molar-refractivity contribution in [2.24, 2.45) is 0 Å². The highest BCUT2D eigenvalue weighted by Gasteiger charge is 1.99. The summed E-state index contributed by atoms with van der Waals surface area (Å²) in [4.78, 5) is 2.32. The minimum absolute atomic E-state index is 0.674. The summed E-state index contributed by atoms with van der Waals surface area (Å²) in [6.07, 6.45) is 3.65. The lowest BCUT2D eigenvalue weighted by atomic mass is 10.2. The second-order valence-corrected chi connectivity index (χ2v) is 4.20. The average molecular weight is 231 g/mol. The van der Waals surface area contributed by atoms with Crippen LogP contribution < -0.4 is 0 Å². The molecule has 0 saturated carbocycles. The first-order valence-electron chi connectivity index (χ1n) is 6.31. The van der Waals surface area contributed by atoms with Gasteiger partial charge in [0, 0.05) is 13.2 Å². The summed E-state index contributed by atoms with van der Waals surface area (Å²) in [5.41, 5.74) is 0. The average Bonchev–Trinajstić information content (AvgIpc) is 2.29. The third kappa shape index (κ3) is 8.05. The van der Waals surface area contributed by atoms with Crippen LogP contribution in [0.1, 0.15) is 19.3 Å². The molecule has 1 saturated heterocycles. The van der Waals surface area contributed by atoms with Crippen LogP contribution >= 0.6 is 0 Å². The zero-order chi connectivity index (χ0) is 11.5. The Hall–Kier alpha value is -0.160. The van der Waals surface area contributed by atoms with Crippen molar-refractivity contribution in [3.8, 4) is 0 Å². The maximum atomic E-state index is 5.47. The SMILES string of the molecule is CN1CCCCCOCCOCCOCC1. The van der Waals surface area contributed by atoms with Gasteiger partial charge in [0.2, 0.25) is 0 Å². The predicted molar refractivity (Wildman–Crippen MR) is 63.8 cm³/mol. The van der Waals surface area contributed by atoms with Gasteiger partial charge < -0.3 is 19.1 Å². The molecule has 0 atom stereocenters. The molecule has 4 nitrogen and oxygen atoms in total. The van der Waals surface area contributed by atoms with Gasteiger partial charge in [-0.05, 0) is 32.9 Å². The maximum absolute atomic E-state index is 5.47. The molecule has 0 spiro atoms. The lowest BCUT2D eigenvalue weighted by Crippen LogP contribution is -2.24. The van der Waals surface area contributed by atoms with E-state index in [9.17, 15) is 0 Å². The zero-order valence-corrected chi connectivity index (χ0v) is 10.5. The molecule has 0 aromatic heterocycles. The van der Waals surface area contributed by atoms with Crippen LogP contribution in [0.15, 0.2) is 0 Å². The topological polar surface area (TPSA) is 30.9 Å². The Kier molecular flexibility index (Phi) is 8.71. The summed E-state index contributed by atoms with van der Waals surface area (Å²) < 4.78 is 16.3. The number of ether oxygens (including phenoxy) is 3. The van der Waals surface area contributed by atoms with Crippen molar-refractivity contribution in [1.29, 1.82) is 0 Å². The molecule has 0 radical (unpaired) electrons. The Morgan fingerprint density at radius 2 is 1.25 bits per heavy atom. The van der Waals surface area contributed by atoms with Crippen molar-refractivity contribution >= 4 is 0 Å². The van der Waals surface area contributed by atoms with Crippen LogP contribution in [0.25, 0.3) is 0 Å². The summed E-state index contributed by atoms with van der Waals surface area (Å²) in [6, 6.07) is 0. The molecule has 1 aliphatic rings. The van der Waals surface area contributed by atoms with Crippen LogP contribution in [-0.4, -0.2) is 64.7 Å². The Bertz CT molecular complexity index is 139. The molecule has 0 unspecified atom stereocenters. The number of likely N-dealkylation sites (N-methyl/N-ethyl adjacent to an activating group) is 1. The smallest absolute Gasteiger partial charge is 0.0701 e. The van der Waals surface area contributed by atoms with Gasteiger partial charge in [-0.1, -0.05) is 0 Å². The molecule has 0 bridgehead atoms. The van der Waals surface area contributed by atoms with E-state index < -0.39 is 0 Å². The van der Waals surface area contributed by atoms with Crippen LogP contribution in [0.3, 0.4) is 0 Å². The Morgan fingerprint density at radius 1 is 0.625 bits per heavy atom. The van der Waals surface area contributed by atoms with Gasteiger partial charge >= 0.3 is 0 Å². The highest BCUT2D eigenvalue weighted by atomic mass is 16.5. The Morgan fingerprint density at radius 3 is 2.00 bits per heavy atom. The molecule has 1 heterocycles. The normalized spacial score (nSPS) is 24.6. The van der Waals surface area contributed by atoms with Crippen LogP contribution in [0.4, 0.5) is 0 Å². The molecule has 0 aromatic rings. The summed E-state index contributed by atoms with van der Waals surface area (Å²) in [5.74, 6) is 0. The van der Waals surface area contributed by atoms with E-state index in [2.05, 4.69) is 11.9 Å². The maximum Gasteiger partial charge on any atom is 0.0701 e. The molecule has 16 heavy (non-hydrogen) atoms. The third-order valence-corrected chi connectivity index (χ3v) is 2.69. The van der Waals surface area contributed by atoms with E-state index in [1.165, 1.54) is 12.8 Å². The number of hydrogen-bond donors (Lipinski definition) is 0. The first-order chi connectivity index (χ1) is 7.89. The van der Waals surface area contributed by atoms with Crippen molar-refractivity contribution in [3.63, 3.8) is 0 Å². The van der Waals surface area contributed by atoms with E-state index in [0.717, 1.165) is 32.7 Å². The van der Waals surface area contributed by atoms with Crippen molar-refractivity contribution in [3.05, 3.63) is 0 Å². The molecule has 0 aromatic carbocycles. The zero-order valence-electron chi connectivity index (χ0n) is 10.5. The summed E-state index contributed by atoms with van der Waals surface area (Å²) in [5, 5.41) is 0. The predicted octanol–water partition coefficient (Wildman–Crippen LogP) is 1.15. The van der Waals surface area contributed by atoms with Crippen molar-refractivity contribution in [1.82, 2.24) is 4.90 Å². The van der Waals surface area contributed by atoms with Crippen LogP contribution in [0.2, 0.25) is 0 Å². The van der Waals surface area contributed by atoms with Crippen molar-refractivity contribution in [2.45, 2.75) is 19.3 Å². The van der Waals surface area contributed by atoms with Gasteiger partial charge in [0.05, 0.1) is 33.0 Å². The number of hydrogen-bond acceptors (Lipinski definition) is 4. The highest BCUT2D eigenvalue weighted by Crippen LogP contribution is 1.98. The Labute approximate surface area is 98.8 Å². The molecule has 0 aliphatic carbocycles. The van der Waals surface area contributed by atoms with Gasteiger partial charge in [-0.3, -0.25) is 0 Å². The van der Waals surface area contributed by atoms with E-state index >= 15 is 0 Å². The summed E-state index contributed by atoms with van der Waals surface area (Å²) >= 11 is 0. The first-order valence-corrected chi connectivity index (χ1v) is 6.31. The van der Waals surface area contributed by atoms with Gasteiger partial charge in [-0.15, -0.1) is 0 Å². The fourth-order valence-electron chi connectivity index (χ4n) is 1.64. The molecular weight excluding hydrogens is 206 g/mol. The number of nitrogens with zero attached hydrogens (tertiary/aromatic N) is 1. The van der Waals surface area contributed by atoms with Gasteiger partial charge in [0.15, 0.2) is 0 Å². The summed E-state index contributed by atoms with van der Waals surface area (Å²) in [6.45, 7) is 6.58. The third-order valence-electron chi connectivity index (χ3n) is 2.69. The molecule has 4 heteroatoms. The fraction of sp³-hybridized carbons (Fsp3) is 1.00. The van der Waals surface area contributed by atoms with E-state index in [1.807, 2.05) is 0 Å². The lowest BCUT2D eigenvalue weighted by Gasteiger charge is -2.16. The molecule has 96 valence electrons. The minimum atomic E-state index is 0.674. The largest absolute Gasteiger partial charge is 0.379 e. The van der Waals surface area contributed by atoms with Crippen LogP contribution in [-0.2, 0) is 14.2 Å². The Balaban J connectivity index is 2.10. The van der Waals surface area contributed by atoms with Gasteiger partial charge in [-0.2, -0.15) is 0 Å². The van der Waals surface area contributed by atoms with E-state index in [0.29, 0.717) is 26.4 Å².